The minimum atomic E-state index is 0.161. The second kappa shape index (κ2) is 6.93. The number of aryl methyl sites for hydroxylation is 1. The summed E-state index contributed by atoms with van der Waals surface area (Å²) in [4.78, 5) is 2.54. The molecule has 2 heteroatoms. The molecule has 0 radical (unpaired) electrons. The molecular weight excluding hydrogens is 256 g/mol. The molecule has 0 aromatic heterocycles. The van der Waals surface area contributed by atoms with Gasteiger partial charge in [-0.05, 0) is 69.2 Å². The van der Waals surface area contributed by atoms with Gasteiger partial charge in [-0.3, -0.25) is 0 Å². The Balaban J connectivity index is 1.81. The van der Waals surface area contributed by atoms with Crippen LogP contribution in [0.1, 0.15) is 63.1 Å². The van der Waals surface area contributed by atoms with Crippen molar-refractivity contribution in [2.45, 2.75) is 65.0 Å². The van der Waals surface area contributed by atoms with E-state index in [9.17, 15) is 0 Å². The molecule has 0 aliphatic heterocycles. The zero-order valence-corrected chi connectivity index (χ0v) is 14.2. The predicted molar refractivity (Wildman–Crippen MR) is 91.4 cm³/mol. The zero-order valence-electron chi connectivity index (χ0n) is 14.2. The lowest BCUT2D eigenvalue weighted by atomic mass is 9.75. The summed E-state index contributed by atoms with van der Waals surface area (Å²) < 4.78 is 0. The van der Waals surface area contributed by atoms with Crippen molar-refractivity contribution in [1.29, 1.82) is 0 Å². The molecule has 1 aromatic carbocycles. The molecule has 1 saturated carbocycles. The number of rotatable bonds is 5. The fourth-order valence-electron chi connectivity index (χ4n) is 3.51. The number of hydrogen-bond donors (Lipinski definition) is 1. The van der Waals surface area contributed by atoms with E-state index >= 15 is 0 Å². The third-order valence-electron chi connectivity index (χ3n) is 5.31. The Bertz CT molecular complexity index is 443. The number of nitrogens with two attached hydrogens (primary N) is 1. The van der Waals surface area contributed by atoms with Crippen LogP contribution in [0.5, 0.6) is 0 Å². The number of nitrogens with zero attached hydrogens (tertiary/aromatic N) is 1. The van der Waals surface area contributed by atoms with Gasteiger partial charge in [0, 0.05) is 12.1 Å². The van der Waals surface area contributed by atoms with Gasteiger partial charge in [-0.2, -0.15) is 0 Å². The Kier molecular flexibility index (Phi) is 5.45. The summed E-state index contributed by atoms with van der Waals surface area (Å²) in [6, 6.07) is 9.41. The van der Waals surface area contributed by atoms with Gasteiger partial charge in [0.05, 0.1) is 0 Å². The zero-order chi connectivity index (χ0) is 15.5. The first kappa shape index (κ1) is 16.5. The molecular formula is C19H32N2. The Hall–Kier alpha value is -0.860. The molecule has 1 aromatic rings. The van der Waals surface area contributed by atoms with Crippen LogP contribution in [0.15, 0.2) is 24.3 Å². The van der Waals surface area contributed by atoms with Gasteiger partial charge < -0.3 is 10.6 Å². The lowest BCUT2D eigenvalue weighted by Gasteiger charge is -2.39. The van der Waals surface area contributed by atoms with Crippen molar-refractivity contribution < 1.29 is 0 Å². The maximum absolute atomic E-state index is 6.39. The monoisotopic (exact) mass is 288 g/mol. The molecule has 0 spiro atoms. The van der Waals surface area contributed by atoms with E-state index in [1.54, 1.807) is 0 Å². The van der Waals surface area contributed by atoms with Crippen LogP contribution >= 0.6 is 0 Å². The van der Waals surface area contributed by atoms with Crippen LogP contribution in [0.2, 0.25) is 0 Å². The van der Waals surface area contributed by atoms with Gasteiger partial charge in [0.2, 0.25) is 0 Å². The van der Waals surface area contributed by atoms with Crippen LogP contribution < -0.4 is 5.73 Å². The largest absolute Gasteiger partial charge is 0.324 e. The van der Waals surface area contributed by atoms with E-state index in [0.717, 1.165) is 19.0 Å². The number of benzene rings is 1. The van der Waals surface area contributed by atoms with E-state index in [-0.39, 0.29) is 6.04 Å². The standard InChI is InChI=1S/C19H32N2/c1-15-7-5-6-8-17(15)18(20)11-14-21(4)16-9-12-19(2,3)13-10-16/h5-8,16,18H,9-14,20H2,1-4H3. The van der Waals surface area contributed by atoms with Gasteiger partial charge in [0.1, 0.15) is 0 Å². The SMILES string of the molecule is Cc1ccccc1C(N)CCN(C)C1CCC(C)(C)CC1. The van der Waals surface area contributed by atoms with Crippen molar-refractivity contribution in [3.63, 3.8) is 0 Å². The topological polar surface area (TPSA) is 29.3 Å². The lowest BCUT2D eigenvalue weighted by Crippen LogP contribution is -2.38. The second-order valence-corrected chi connectivity index (χ2v) is 7.63. The first-order valence-corrected chi connectivity index (χ1v) is 8.40. The normalized spacial score (nSPS) is 20.7. The molecule has 1 aliphatic carbocycles. The van der Waals surface area contributed by atoms with Crippen molar-refractivity contribution >= 4 is 0 Å². The van der Waals surface area contributed by atoms with Crippen LogP contribution in [-0.4, -0.2) is 24.5 Å². The molecule has 1 unspecified atom stereocenters. The summed E-state index contributed by atoms with van der Waals surface area (Å²) in [7, 11) is 2.27. The first-order valence-electron chi connectivity index (χ1n) is 8.40. The first-order chi connectivity index (χ1) is 9.89. The van der Waals surface area contributed by atoms with Gasteiger partial charge in [-0.1, -0.05) is 38.1 Å². The van der Waals surface area contributed by atoms with Gasteiger partial charge in [0.25, 0.3) is 0 Å². The van der Waals surface area contributed by atoms with E-state index in [0.29, 0.717) is 5.41 Å². The minimum Gasteiger partial charge on any atom is -0.324 e. The van der Waals surface area contributed by atoms with Crippen LogP contribution in [0.25, 0.3) is 0 Å². The average molecular weight is 288 g/mol. The molecule has 2 nitrogen and oxygen atoms in total. The molecule has 21 heavy (non-hydrogen) atoms. The molecule has 1 aliphatic rings. The lowest BCUT2D eigenvalue weighted by molar-refractivity contribution is 0.125. The van der Waals surface area contributed by atoms with Crippen molar-refractivity contribution in [3.05, 3.63) is 35.4 Å². The van der Waals surface area contributed by atoms with E-state index in [1.165, 1.54) is 36.8 Å². The van der Waals surface area contributed by atoms with Crippen molar-refractivity contribution in [1.82, 2.24) is 4.90 Å². The van der Waals surface area contributed by atoms with Gasteiger partial charge >= 0.3 is 0 Å². The summed E-state index contributed by atoms with van der Waals surface area (Å²) in [5, 5.41) is 0. The van der Waals surface area contributed by atoms with Crippen LogP contribution in [0.3, 0.4) is 0 Å². The van der Waals surface area contributed by atoms with Crippen LogP contribution in [0, 0.1) is 12.3 Å². The maximum atomic E-state index is 6.39. The molecule has 2 rings (SSSR count). The fourth-order valence-corrected chi connectivity index (χ4v) is 3.51. The molecule has 1 fully saturated rings. The van der Waals surface area contributed by atoms with E-state index in [2.05, 4.69) is 57.0 Å². The van der Waals surface area contributed by atoms with E-state index in [4.69, 9.17) is 5.73 Å². The Labute approximate surface area is 130 Å². The highest BCUT2D eigenvalue weighted by Gasteiger charge is 2.28. The highest BCUT2D eigenvalue weighted by molar-refractivity contribution is 5.28. The predicted octanol–water partition coefficient (Wildman–Crippen LogP) is 4.29. The van der Waals surface area contributed by atoms with E-state index in [1.807, 2.05) is 0 Å². The summed E-state index contributed by atoms with van der Waals surface area (Å²) in [6.45, 7) is 8.05. The highest BCUT2D eigenvalue weighted by Crippen LogP contribution is 2.36. The molecule has 0 saturated heterocycles. The van der Waals surface area contributed by atoms with Crippen LogP contribution in [-0.2, 0) is 0 Å². The fraction of sp³-hybridized carbons (Fsp3) is 0.684. The Morgan fingerprint density at radius 2 is 1.86 bits per heavy atom. The summed E-state index contributed by atoms with van der Waals surface area (Å²) in [6.07, 6.45) is 6.42. The third kappa shape index (κ3) is 4.55. The molecule has 0 amide bonds. The van der Waals surface area contributed by atoms with E-state index < -0.39 is 0 Å². The molecule has 1 atom stereocenters. The Morgan fingerprint density at radius 1 is 1.24 bits per heavy atom. The van der Waals surface area contributed by atoms with Crippen molar-refractivity contribution in [2.24, 2.45) is 11.1 Å². The van der Waals surface area contributed by atoms with Gasteiger partial charge in [-0.25, -0.2) is 0 Å². The summed E-state index contributed by atoms with van der Waals surface area (Å²) in [5.74, 6) is 0. The van der Waals surface area contributed by atoms with Crippen LogP contribution in [0.4, 0.5) is 0 Å². The van der Waals surface area contributed by atoms with Gasteiger partial charge in [-0.15, -0.1) is 0 Å². The smallest absolute Gasteiger partial charge is 0.0309 e. The average Bonchev–Trinajstić information content (AvgIpc) is 2.45. The van der Waals surface area contributed by atoms with Crippen molar-refractivity contribution in [2.75, 3.05) is 13.6 Å². The summed E-state index contributed by atoms with van der Waals surface area (Å²) in [5.41, 5.74) is 9.55. The molecule has 0 heterocycles. The number of hydrogen-bond acceptors (Lipinski definition) is 2. The van der Waals surface area contributed by atoms with Gasteiger partial charge in [0.15, 0.2) is 0 Å². The Morgan fingerprint density at radius 3 is 2.48 bits per heavy atom. The summed E-state index contributed by atoms with van der Waals surface area (Å²) >= 11 is 0. The molecule has 0 bridgehead atoms. The second-order valence-electron chi connectivity index (χ2n) is 7.63. The highest BCUT2D eigenvalue weighted by atomic mass is 15.1. The third-order valence-corrected chi connectivity index (χ3v) is 5.31. The quantitative estimate of drug-likeness (QED) is 0.876. The maximum Gasteiger partial charge on any atom is 0.0309 e. The molecule has 118 valence electrons. The van der Waals surface area contributed by atoms with Crippen molar-refractivity contribution in [3.8, 4) is 0 Å². The minimum absolute atomic E-state index is 0.161. The molecule has 2 N–H and O–H groups in total.